The van der Waals surface area contributed by atoms with Gasteiger partial charge in [-0.2, -0.15) is 0 Å². The third kappa shape index (κ3) is 3.63. The van der Waals surface area contributed by atoms with E-state index < -0.39 is 0 Å². The molecule has 0 aromatic heterocycles. The zero-order valence-electron chi connectivity index (χ0n) is 19.0. The lowest BCUT2D eigenvalue weighted by molar-refractivity contribution is -0.142. The zero-order valence-corrected chi connectivity index (χ0v) is 19.0. The lowest BCUT2D eigenvalue weighted by atomic mass is 9.46. The molecule has 2 heteroatoms. The van der Waals surface area contributed by atoms with Gasteiger partial charge in [-0.15, -0.1) is 0 Å². The zero-order chi connectivity index (χ0) is 20.6. The Morgan fingerprint density at radius 2 is 2.03 bits per heavy atom. The molecule has 4 aliphatic rings. The number of carbonyl (C=O) groups is 1. The summed E-state index contributed by atoms with van der Waals surface area (Å²) in [6.45, 7) is 11.5. The highest BCUT2D eigenvalue weighted by molar-refractivity contribution is 5.69. The SMILES string of the molecule is C=CCOC(=O)CC[C@@H](C)C1CC[C@H]2C3CCC4CCCCC4(C)[C@H]3C=CC12C. The number of allylic oxidation sites excluding steroid dienone is 2. The van der Waals surface area contributed by atoms with Crippen LogP contribution in [0.15, 0.2) is 24.8 Å². The highest BCUT2D eigenvalue weighted by Gasteiger charge is 2.58. The van der Waals surface area contributed by atoms with Gasteiger partial charge in [0, 0.05) is 6.42 Å². The first-order valence-electron chi connectivity index (χ1n) is 12.4. The lowest BCUT2D eigenvalue weighted by Crippen LogP contribution is -2.50. The van der Waals surface area contributed by atoms with E-state index in [0.717, 1.165) is 30.1 Å². The monoisotopic (exact) mass is 398 g/mol. The fourth-order valence-corrected chi connectivity index (χ4v) is 8.38. The van der Waals surface area contributed by atoms with Crippen molar-refractivity contribution in [3.8, 4) is 0 Å². The molecule has 5 unspecified atom stereocenters. The largest absolute Gasteiger partial charge is 0.461 e. The van der Waals surface area contributed by atoms with Crippen LogP contribution >= 0.6 is 0 Å². The molecule has 3 saturated carbocycles. The van der Waals surface area contributed by atoms with Crippen molar-refractivity contribution in [2.24, 2.45) is 46.3 Å². The summed E-state index contributed by atoms with van der Waals surface area (Å²) in [5.74, 6) is 4.71. The summed E-state index contributed by atoms with van der Waals surface area (Å²) in [7, 11) is 0. The first-order valence-corrected chi connectivity index (χ1v) is 12.4. The molecular formula is C27H42O2. The van der Waals surface area contributed by atoms with Crippen LogP contribution in [-0.2, 0) is 9.53 Å². The van der Waals surface area contributed by atoms with E-state index in [1.807, 2.05) is 0 Å². The summed E-state index contributed by atoms with van der Waals surface area (Å²) >= 11 is 0. The Morgan fingerprint density at radius 3 is 2.83 bits per heavy atom. The molecule has 0 aliphatic heterocycles. The van der Waals surface area contributed by atoms with Gasteiger partial charge >= 0.3 is 5.97 Å². The first-order chi connectivity index (χ1) is 13.9. The van der Waals surface area contributed by atoms with Crippen LogP contribution in [0.2, 0.25) is 0 Å². The van der Waals surface area contributed by atoms with Crippen molar-refractivity contribution >= 4 is 5.97 Å². The smallest absolute Gasteiger partial charge is 0.306 e. The maximum Gasteiger partial charge on any atom is 0.306 e. The minimum atomic E-state index is -0.0701. The molecule has 0 spiro atoms. The van der Waals surface area contributed by atoms with E-state index in [9.17, 15) is 4.79 Å². The summed E-state index contributed by atoms with van der Waals surface area (Å²) < 4.78 is 5.20. The molecule has 3 fully saturated rings. The molecular weight excluding hydrogens is 356 g/mol. The fraction of sp³-hybridized carbons (Fsp3) is 0.815. The Hall–Kier alpha value is -1.05. The van der Waals surface area contributed by atoms with Crippen LogP contribution in [-0.4, -0.2) is 12.6 Å². The van der Waals surface area contributed by atoms with Gasteiger partial charge in [-0.05, 0) is 91.3 Å². The molecule has 0 aromatic carbocycles. The van der Waals surface area contributed by atoms with Crippen LogP contribution in [0.25, 0.3) is 0 Å². The van der Waals surface area contributed by atoms with E-state index in [1.165, 1.54) is 51.4 Å². The van der Waals surface area contributed by atoms with Gasteiger partial charge in [-0.3, -0.25) is 4.79 Å². The van der Waals surface area contributed by atoms with Crippen molar-refractivity contribution < 1.29 is 9.53 Å². The molecule has 0 amide bonds. The Kier molecular flexibility index (Phi) is 6.02. The van der Waals surface area contributed by atoms with Crippen molar-refractivity contribution in [3.63, 3.8) is 0 Å². The van der Waals surface area contributed by atoms with Gasteiger partial charge in [0.05, 0.1) is 0 Å². The van der Waals surface area contributed by atoms with E-state index in [1.54, 1.807) is 6.08 Å². The van der Waals surface area contributed by atoms with Gasteiger partial charge < -0.3 is 4.74 Å². The van der Waals surface area contributed by atoms with Gasteiger partial charge in [0.25, 0.3) is 0 Å². The number of ether oxygens (including phenoxy) is 1. The molecule has 8 atom stereocenters. The highest BCUT2D eigenvalue weighted by Crippen LogP contribution is 2.66. The van der Waals surface area contributed by atoms with Crippen LogP contribution in [0, 0.1) is 46.3 Å². The normalized spacial score (nSPS) is 44.3. The average Bonchev–Trinajstić information content (AvgIpc) is 3.07. The van der Waals surface area contributed by atoms with E-state index in [4.69, 9.17) is 4.74 Å². The first kappa shape index (κ1) is 21.2. The van der Waals surface area contributed by atoms with Crippen molar-refractivity contribution in [1.82, 2.24) is 0 Å². The van der Waals surface area contributed by atoms with Crippen LogP contribution in [0.3, 0.4) is 0 Å². The van der Waals surface area contributed by atoms with Crippen LogP contribution in [0.5, 0.6) is 0 Å². The molecule has 2 nitrogen and oxygen atoms in total. The van der Waals surface area contributed by atoms with E-state index in [2.05, 4.69) is 39.5 Å². The number of rotatable bonds is 6. The van der Waals surface area contributed by atoms with E-state index in [-0.39, 0.29) is 5.97 Å². The molecule has 0 radical (unpaired) electrons. The maximum absolute atomic E-state index is 12.0. The minimum absolute atomic E-state index is 0.0701. The van der Waals surface area contributed by atoms with Gasteiger partial charge in [-0.25, -0.2) is 0 Å². The Balaban J connectivity index is 1.47. The fourth-order valence-electron chi connectivity index (χ4n) is 8.38. The number of fused-ring (bicyclic) bond motifs is 5. The molecule has 29 heavy (non-hydrogen) atoms. The van der Waals surface area contributed by atoms with Gasteiger partial charge in [0.2, 0.25) is 0 Å². The number of hydrogen-bond donors (Lipinski definition) is 0. The average molecular weight is 399 g/mol. The quantitative estimate of drug-likeness (QED) is 0.357. The van der Waals surface area contributed by atoms with Gasteiger partial charge in [-0.1, -0.05) is 58.4 Å². The van der Waals surface area contributed by atoms with Gasteiger partial charge in [0.15, 0.2) is 0 Å². The lowest BCUT2D eigenvalue weighted by Gasteiger charge is -2.58. The summed E-state index contributed by atoms with van der Waals surface area (Å²) in [4.78, 5) is 12.0. The van der Waals surface area contributed by atoms with Gasteiger partial charge in [0.1, 0.15) is 6.61 Å². The minimum Gasteiger partial charge on any atom is -0.461 e. The van der Waals surface area contributed by atoms with E-state index in [0.29, 0.717) is 35.7 Å². The predicted octanol–water partition coefficient (Wildman–Crippen LogP) is 6.96. The molecule has 162 valence electrons. The molecule has 0 saturated heterocycles. The highest BCUT2D eigenvalue weighted by atomic mass is 16.5. The Labute approximate surface area is 178 Å². The summed E-state index contributed by atoms with van der Waals surface area (Å²) in [5, 5.41) is 0. The second-order valence-corrected chi connectivity index (χ2v) is 11.2. The number of carbonyl (C=O) groups excluding carboxylic acids is 1. The predicted molar refractivity (Wildman–Crippen MR) is 119 cm³/mol. The number of esters is 1. The molecule has 4 aliphatic carbocycles. The van der Waals surface area contributed by atoms with E-state index >= 15 is 0 Å². The molecule has 0 bridgehead atoms. The van der Waals surface area contributed by atoms with Crippen LogP contribution in [0.1, 0.15) is 85.0 Å². The topological polar surface area (TPSA) is 26.3 Å². The Morgan fingerprint density at radius 1 is 1.21 bits per heavy atom. The standard InChI is InChI=1S/C27H42O2/c1-5-18-29-25(28)14-9-19(2)22-12-13-23-21-11-10-20-8-6-7-16-26(20,3)24(21)15-17-27(22,23)4/h5,15,17,19-24H,1,6-14,16,18H2,2-4H3/t19-,20?,21?,22?,23+,24+,26?,27?/m1/s1. The molecule has 0 N–H and O–H groups in total. The third-order valence-corrected chi connectivity index (χ3v) is 9.94. The molecule has 4 rings (SSSR count). The number of hydrogen-bond acceptors (Lipinski definition) is 2. The third-order valence-electron chi connectivity index (χ3n) is 9.94. The summed E-state index contributed by atoms with van der Waals surface area (Å²) in [6.07, 6.45) is 19.9. The summed E-state index contributed by atoms with van der Waals surface area (Å²) in [5.41, 5.74) is 0.876. The van der Waals surface area contributed by atoms with Crippen molar-refractivity contribution in [1.29, 1.82) is 0 Å². The van der Waals surface area contributed by atoms with Crippen molar-refractivity contribution in [3.05, 3.63) is 24.8 Å². The summed E-state index contributed by atoms with van der Waals surface area (Å²) in [6, 6.07) is 0. The van der Waals surface area contributed by atoms with Crippen molar-refractivity contribution in [2.75, 3.05) is 6.61 Å². The van der Waals surface area contributed by atoms with Crippen LogP contribution < -0.4 is 0 Å². The molecule has 0 heterocycles. The van der Waals surface area contributed by atoms with Crippen LogP contribution in [0.4, 0.5) is 0 Å². The second kappa shape index (κ2) is 8.23. The molecule has 0 aromatic rings. The Bertz CT molecular complexity index is 651. The van der Waals surface area contributed by atoms with Crippen molar-refractivity contribution in [2.45, 2.75) is 85.0 Å². The maximum atomic E-state index is 12.0. The second-order valence-electron chi connectivity index (χ2n) is 11.2.